The predicted molar refractivity (Wildman–Crippen MR) is 55.0 cm³/mol. The van der Waals surface area contributed by atoms with Crippen molar-refractivity contribution in [3.63, 3.8) is 0 Å². The van der Waals surface area contributed by atoms with Crippen molar-refractivity contribution in [2.75, 3.05) is 6.61 Å². The lowest BCUT2D eigenvalue weighted by molar-refractivity contribution is -0.139. The second-order valence-corrected chi connectivity index (χ2v) is 4.02. The highest BCUT2D eigenvalue weighted by atomic mass is 16.7. The van der Waals surface area contributed by atoms with Crippen molar-refractivity contribution in [1.29, 1.82) is 5.26 Å². The number of rotatable bonds is 1. The molecule has 0 saturated carbocycles. The van der Waals surface area contributed by atoms with Gasteiger partial charge in [-0.2, -0.15) is 5.26 Å². The van der Waals surface area contributed by atoms with Crippen LogP contribution in [-0.4, -0.2) is 12.4 Å². The van der Waals surface area contributed by atoms with Crippen LogP contribution in [0, 0.1) is 11.3 Å². The molecule has 0 amide bonds. The molecule has 1 aliphatic heterocycles. The first-order valence-corrected chi connectivity index (χ1v) is 4.93. The summed E-state index contributed by atoms with van der Waals surface area (Å²) in [5, 5.41) is 8.96. The fourth-order valence-electron chi connectivity index (χ4n) is 1.72. The fraction of sp³-hybridized carbons (Fsp3) is 0.417. The van der Waals surface area contributed by atoms with Crippen LogP contribution in [0.4, 0.5) is 0 Å². The zero-order valence-corrected chi connectivity index (χ0v) is 8.86. The lowest BCUT2D eigenvalue weighted by Crippen LogP contribution is -2.19. The molecule has 78 valence electrons. The van der Waals surface area contributed by atoms with Gasteiger partial charge in [-0.05, 0) is 19.9 Å². The van der Waals surface area contributed by atoms with Gasteiger partial charge in [0, 0.05) is 5.56 Å². The molecule has 0 spiro atoms. The van der Waals surface area contributed by atoms with Crippen molar-refractivity contribution in [1.82, 2.24) is 0 Å². The molecule has 3 heteroatoms. The maximum atomic E-state index is 8.96. The summed E-state index contributed by atoms with van der Waals surface area (Å²) in [5.74, 6) is -0.548. The first kappa shape index (κ1) is 10.2. The summed E-state index contributed by atoms with van der Waals surface area (Å²) in [5.41, 5.74) is 1.56. The monoisotopic (exact) mass is 203 g/mol. The number of nitrogens with zero attached hydrogens (tertiary/aromatic N) is 1. The SMILES string of the molecule is CC1(C)OCC(c2ccccc2C#N)O1. The Morgan fingerprint density at radius 1 is 1.40 bits per heavy atom. The zero-order chi connectivity index (χ0) is 10.9. The van der Waals surface area contributed by atoms with E-state index in [9.17, 15) is 0 Å². The first-order valence-electron chi connectivity index (χ1n) is 4.93. The Kier molecular flexibility index (Phi) is 2.47. The van der Waals surface area contributed by atoms with Gasteiger partial charge < -0.3 is 9.47 Å². The number of benzene rings is 1. The molecule has 3 nitrogen and oxygen atoms in total. The van der Waals surface area contributed by atoms with E-state index < -0.39 is 5.79 Å². The minimum Gasteiger partial charge on any atom is -0.347 e. The molecule has 1 unspecified atom stereocenters. The number of ether oxygens (including phenoxy) is 2. The normalized spacial score (nSPS) is 23.7. The Morgan fingerprint density at radius 3 is 2.73 bits per heavy atom. The molecule has 1 aromatic rings. The first-order chi connectivity index (χ1) is 7.12. The summed E-state index contributed by atoms with van der Waals surface area (Å²) in [6, 6.07) is 9.63. The predicted octanol–water partition coefficient (Wildman–Crippen LogP) is 2.38. The van der Waals surface area contributed by atoms with E-state index in [-0.39, 0.29) is 6.10 Å². The van der Waals surface area contributed by atoms with Gasteiger partial charge in [0.05, 0.1) is 18.2 Å². The third-order valence-electron chi connectivity index (χ3n) is 2.44. The summed E-state index contributed by atoms with van der Waals surface area (Å²) in [6.45, 7) is 4.26. The molecule has 2 rings (SSSR count). The largest absolute Gasteiger partial charge is 0.347 e. The Morgan fingerprint density at radius 2 is 2.13 bits per heavy atom. The minimum absolute atomic E-state index is 0.129. The van der Waals surface area contributed by atoms with Crippen molar-refractivity contribution >= 4 is 0 Å². The molecule has 1 aliphatic rings. The highest BCUT2D eigenvalue weighted by Gasteiger charge is 2.34. The van der Waals surface area contributed by atoms with Gasteiger partial charge in [-0.3, -0.25) is 0 Å². The van der Waals surface area contributed by atoms with Crippen molar-refractivity contribution in [2.24, 2.45) is 0 Å². The second-order valence-electron chi connectivity index (χ2n) is 4.02. The molecule has 15 heavy (non-hydrogen) atoms. The van der Waals surface area contributed by atoms with E-state index in [2.05, 4.69) is 6.07 Å². The average molecular weight is 203 g/mol. The van der Waals surface area contributed by atoms with E-state index in [1.54, 1.807) is 6.07 Å². The molecule has 1 atom stereocenters. The average Bonchev–Trinajstić information content (AvgIpc) is 2.59. The van der Waals surface area contributed by atoms with Crippen molar-refractivity contribution in [2.45, 2.75) is 25.7 Å². The topological polar surface area (TPSA) is 42.2 Å². The van der Waals surface area contributed by atoms with Crippen LogP contribution in [0.5, 0.6) is 0 Å². The Bertz CT molecular complexity index is 406. The van der Waals surface area contributed by atoms with Gasteiger partial charge in [-0.25, -0.2) is 0 Å². The van der Waals surface area contributed by atoms with Crippen LogP contribution in [0.2, 0.25) is 0 Å². The van der Waals surface area contributed by atoms with Gasteiger partial charge in [0.25, 0.3) is 0 Å². The fourth-order valence-corrected chi connectivity index (χ4v) is 1.72. The molecule has 1 aromatic carbocycles. The quantitative estimate of drug-likeness (QED) is 0.703. The molecule has 0 bridgehead atoms. The van der Waals surface area contributed by atoms with Crippen LogP contribution in [0.15, 0.2) is 24.3 Å². The third kappa shape index (κ3) is 2.01. The van der Waals surface area contributed by atoms with Crippen molar-refractivity contribution in [3.8, 4) is 6.07 Å². The van der Waals surface area contributed by atoms with Crippen LogP contribution < -0.4 is 0 Å². The van der Waals surface area contributed by atoms with Gasteiger partial charge in [-0.1, -0.05) is 18.2 Å². The Labute approximate surface area is 89.2 Å². The molecule has 1 saturated heterocycles. The molecule has 0 radical (unpaired) electrons. The molecule has 0 aromatic heterocycles. The van der Waals surface area contributed by atoms with Crippen LogP contribution in [0.3, 0.4) is 0 Å². The summed E-state index contributed by atoms with van der Waals surface area (Å²) < 4.78 is 11.2. The van der Waals surface area contributed by atoms with E-state index >= 15 is 0 Å². The molecular formula is C12H13NO2. The van der Waals surface area contributed by atoms with Gasteiger partial charge in [0.1, 0.15) is 6.10 Å². The molecular weight excluding hydrogens is 190 g/mol. The third-order valence-corrected chi connectivity index (χ3v) is 2.44. The van der Waals surface area contributed by atoms with Gasteiger partial charge in [-0.15, -0.1) is 0 Å². The summed E-state index contributed by atoms with van der Waals surface area (Å²) in [4.78, 5) is 0. The van der Waals surface area contributed by atoms with Crippen LogP contribution in [0.1, 0.15) is 31.1 Å². The lowest BCUT2D eigenvalue weighted by Gasteiger charge is -2.17. The standard InChI is InChI=1S/C12H13NO2/c1-12(2)14-8-11(15-12)10-6-4-3-5-9(10)7-13/h3-6,11H,8H2,1-2H3. The maximum absolute atomic E-state index is 8.96. The van der Waals surface area contributed by atoms with Crippen LogP contribution in [-0.2, 0) is 9.47 Å². The summed E-state index contributed by atoms with van der Waals surface area (Å²) >= 11 is 0. The van der Waals surface area contributed by atoms with Crippen molar-refractivity contribution < 1.29 is 9.47 Å². The number of hydrogen-bond acceptors (Lipinski definition) is 3. The van der Waals surface area contributed by atoms with E-state index in [0.29, 0.717) is 12.2 Å². The maximum Gasteiger partial charge on any atom is 0.163 e. The van der Waals surface area contributed by atoms with E-state index in [1.165, 1.54) is 0 Å². The molecule has 1 heterocycles. The van der Waals surface area contributed by atoms with Crippen molar-refractivity contribution in [3.05, 3.63) is 35.4 Å². The zero-order valence-electron chi connectivity index (χ0n) is 8.86. The number of hydrogen-bond donors (Lipinski definition) is 0. The number of nitriles is 1. The Hall–Kier alpha value is -1.37. The minimum atomic E-state index is -0.548. The van der Waals surface area contributed by atoms with Gasteiger partial charge in [0.2, 0.25) is 0 Å². The van der Waals surface area contributed by atoms with E-state index in [0.717, 1.165) is 5.56 Å². The van der Waals surface area contributed by atoms with E-state index in [4.69, 9.17) is 14.7 Å². The van der Waals surface area contributed by atoms with Crippen LogP contribution >= 0.6 is 0 Å². The summed E-state index contributed by atoms with van der Waals surface area (Å²) in [6.07, 6.45) is -0.129. The summed E-state index contributed by atoms with van der Waals surface area (Å²) in [7, 11) is 0. The lowest BCUT2D eigenvalue weighted by atomic mass is 10.0. The highest BCUT2D eigenvalue weighted by molar-refractivity contribution is 5.39. The van der Waals surface area contributed by atoms with Crippen LogP contribution in [0.25, 0.3) is 0 Å². The second kappa shape index (κ2) is 3.65. The molecule has 0 aliphatic carbocycles. The Balaban J connectivity index is 2.28. The highest BCUT2D eigenvalue weighted by Crippen LogP contribution is 2.33. The molecule has 1 fully saturated rings. The smallest absolute Gasteiger partial charge is 0.163 e. The van der Waals surface area contributed by atoms with Gasteiger partial charge >= 0.3 is 0 Å². The van der Waals surface area contributed by atoms with E-state index in [1.807, 2.05) is 32.0 Å². The van der Waals surface area contributed by atoms with Gasteiger partial charge in [0.15, 0.2) is 5.79 Å². The molecule has 0 N–H and O–H groups in total.